The molecule has 0 atom stereocenters. The SMILES string of the molecule is Cn1cc(C2=CCN(C(=O)O)CC2)c2c(N)ncnc21. The Bertz CT molecular complexity index is 719. The molecule has 0 unspecified atom stereocenters. The van der Waals surface area contributed by atoms with Gasteiger partial charge in [-0.15, -0.1) is 0 Å². The van der Waals surface area contributed by atoms with Crippen LogP contribution in [0.5, 0.6) is 0 Å². The summed E-state index contributed by atoms with van der Waals surface area (Å²) in [7, 11) is 1.91. The maximum absolute atomic E-state index is 10.9. The van der Waals surface area contributed by atoms with Gasteiger partial charge in [0.15, 0.2) is 0 Å². The number of aromatic nitrogens is 3. The fraction of sp³-hybridized carbons (Fsp3) is 0.308. The molecule has 2 aromatic heterocycles. The highest BCUT2D eigenvalue weighted by atomic mass is 16.4. The Morgan fingerprint density at radius 3 is 2.90 bits per heavy atom. The van der Waals surface area contributed by atoms with Crippen molar-refractivity contribution in [2.45, 2.75) is 6.42 Å². The molecule has 0 radical (unpaired) electrons. The van der Waals surface area contributed by atoms with Crippen molar-refractivity contribution < 1.29 is 9.90 Å². The number of carboxylic acid groups (broad SMARTS) is 1. The molecule has 0 aromatic carbocycles. The van der Waals surface area contributed by atoms with E-state index in [2.05, 4.69) is 9.97 Å². The monoisotopic (exact) mass is 273 g/mol. The Balaban J connectivity index is 2.06. The fourth-order valence-electron chi connectivity index (χ4n) is 2.57. The summed E-state index contributed by atoms with van der Waals surface area (Å²) >= 11 is 0. The van der Waals surface area contributed by atoms with Gasteiger partial charge in [-0.25, -0.2) is 14.8 Å². The highest BCUT2D eigenvalue weighted by molar-refractivity contribution is 5.97. The van der Waals surface area contributed by atoms with E-state index in [0.29, 0.717) is 25.3 Å². The summed E-state index contributed by atoms with van der Waals surface area (Å²) in [5.74, 6) is 0.451. The molecule has 1 aliphatic heterocycles. The standard InChI is InChI=1S/C13H15N5O2/c1-17-6-9(10-11(14)15-7-16-12(10)17)8-2-4-18(5-3-8)13(19)20/h2,6-7H,3-5H2,1H3,(H,19,20)(H2,14,15,16). The first-order valence-electron chi connectivity index (χ1n) is 6.30. The zero-order valence-corrected chi connectivity index (χ0v) is 11.1. The number of aryl methyl sites for hydroxylation is 1. The van der Waals surface area contributed by atoms with Gasteiger partial charge in [0, 0.05) is 31.9 Å². The summed E-state index contributed by atoms with van der Waals surface area (Å²) in [6.07, 6.45) is 5.13. The van der Waals surface area contributed by atoms with Crippen molar-refractivity contribution in [2.75, 3.05) is 18.8 Å². The molecule has 0 saturated heterocycles. The first-order chi connectivity index (χ1) is 9.58. The van der Waals surface area contributed by atoms with E-state index in [4.69, 9.17) is 10.8 Å². The van der Waals surface area contributed by atoms with E-state index in [9.17, 15) is 4.79 Å². The number of nitrogen functional groups attached to an aromatic ring is 1. The van der Waals surface area contributed by atoms with Gasteiger partial charge in [0.1, 0.15) is 17.8 Å². The van der Waals surface area contributed by atoms with Gasteiger partial charge in [-0.2, -0.15) is 0 Å². The molecule has 104 valence electrons. The number of amides is 1. The first-order valence-corrected chi connectivity index (χ1v) is 6.30. The zero-order valence-electron chi connectivity index (χ0n) is 11.1. The normalized spacial score (nSPS) is 15.4. The number of rotatable bonds is 1. The van der Waals surface area contributed by atoms with Crippen LogP contribution >= 0.6 is 0 Å². The van der Waals surface area contributed by atoms with Crippen molar-refractivity contribution in [2.24, 2.45) is 7.05 Å². The fourth-order valence-corrected chi connectivity index (χ4v) is 2.57. The molecule has 0 saturated carbocycles. The van der Waals surface area contributed by atoms with Crippen molar-refractivity contribution in [3.8, 4) is 0 Å². The Morgan fingerprint density at radius 2 is 2.25 bits per heavy atom. The van der Waals surface area contributed by atoms with E-state index in [1.165, 1.54) is 11.2 Å². The van der Waals surface area contributed by atoms with Crippen LogP contribution < -0.4 is 5.73 Å². The summed E-state index contributed by atoms with van der Waals surface area (Å²) in [5.41, 5.74) is 8.83. The van der Waals surface area contributed by atoms with Gasteiger partial charge >= 0.3 is 6.09 Å². The molecule has 3 N–H and O–H groups in total. The molecule has 3 rings (SSSR count). The third kappa shape index (κ3) is 1.87. The second-order valence-electron chi connectivity index (χ2n) is 4.82. The molecule has 2 aromatic rings. The molecule has 7 nitrogen and oxygen atoms in total. The van der Waals surface area contributed by atoms with Gasteiger partial charge < -0.3 is 20.3 Å². The van der Waals surface area contributed by atoms with Crippen LogP contribution in [0.3, 0.4) is 0 Å². The van der Waals surface area contributed by atoms with Gasteiger partial charge in [0.2, 0.25) is 0 Å². The van der Waals surface area contributed by atoms with Gasteiger partial charge in [-0.3, -0.25) is 0 Å². The van der Waals surface area contributed by atoms with Crippen molar-refractivity contribution >= 4 is 28.5 Å². The molecular weight excluding hydrogens is 258 g/mol. The van der Waals surface area contributed by atoms with E-state index >= 15 is 0 Å². The maximum Gasteiger partial charge on any atom is 0.407 e. The first kappa shape index (κ1) is 12.5. The predicted molar refractivity (Wildman–Crippen MR) is 75.1 cm³/mol. The average molecular weight is 273 g/mol. The number of nitrogens with two attached hydrogens (primary N) is 1. The lowest BCUT2D eigenvalue weighted by atomic mass is 10.00. The average Bonchev–Trinajstić information content (AvgIpc) is 2.78. The summed E-state index contributed by atoms with van der Waals surface area (Å²) in [4.78, 5) is 20.6. The quantitative estimate of drug-likeness (QED) is 0.816. The molecule has 0 spiro atoms. The van der Waals surface area contributed by atoms with Gasteiger partial charge in [0.25, 0.3) is 0 Å². The number of hydrogen-bond donors (Lipinski definition) is 2. The molecule has 3 heterocycles. The second kappa shape index (κ2) is 4.52. The third-order valence-corrected chi connectivity index (χ3v) is 3.61. The van der Waals surface area contributed by atoms with Crippen LogP contribution in [0.25, 0.3) is 16.6 Å². The lowest BCUT2D eigenvalue weighted by Gasteiger charge is -2.23. The number of hydrogen-bond acceptors (Lipinski definition) is 4. The molecule has 1 aliphatic rings. The van der Waals surface area contributed by atoms with E-state index in [1.54, 1.807) is 0 Å². The number of anilines is 1. The Labute approximate surface area is 115 Å². The minimum atomic E-state index is -0.888. The number of fused-ring (bicyclic) bond motifs is 1. The molecule has 0 bridgehead atoms. The lowest BCUT2D eigenvalue weighted by Crippen LogP contribution is -2.33. The molecular formula is C13H15N5O2. The predicted octanol–water partition coefficient (Wildman–Crippen LogP) is 1.32. The molecule has 7 heteroatoms. The summed E-state index contributed by atoms with van der Waals surface area (Å²) in [6.45, 7) is 0.889. The largest absolute Gasteiger partial charge is 0.465 e. The van der Waals surface area contributed by atoms with Crippen molar-refractivity contribution in [1.82, 2.24) is 19.4 Å². The highest BCUT2D eigenvalue weighted by Crippen LogP contribution is 2.31. The summed E-state index contributed by atoms with van der Waals surface area (Å²) in [5, 5.41) is 9.81. The van der Waals surface area contributed by atoms with E-state index in [0.717, 1.165) is 22.2 Å². The van der Waals surface area contributed by atoms with Crippen molar-refractivity contribution in [3.05, 3.63) is 24.2 Å². The molecule has 20 heavy (non-hydrogen) atoms. The van der Waals surface area contributed by atoms with E-state index in [1.807, 2.05) is 23.9 Å². The Morgan fingerprint density at radius 1 is 1.45 bits per heavy atom. The summed E-state index contributed by atoms with van der Waals surface area (Å²) < 4.78 is 1.91. The summed E-state index contributed by atoms with van der Waals surface area (Å²) in [6, 6.07) is 0. The van der Waals surface area contributed by atoms with Crippen LogP contribution in [0.15, 0.2) is 18.6 Å². The van der Waals surface area contributed by atoms with Crippen LogP contribution in [-0.4, -0.2) is 43.7 Å². The Kier molecular flexibility index (Phi) is 2.81. The second-order valence-corrected chi connectivity index (χ2v) is 4.82. The highest BCUT2D eigenvalue weighted by Gasteiger charge is 2.20. The van der Waals surface area contributed by atoms with Gasteiger partial charge in [-0.1, -0.05) is 6.08 Å². The number of carbonyl (C=O) groups is 1. The number of nitrogens with zero attached hydrogens (tertiary/aromatic N) is 4. The van der Waals surface area contributed by atoms with Crippen LogP contribution in [0.4, 0.5) is 10.6 Å². The van der Waals surface area contributed by atoms with E-state index in [-0.39, 0.29) is 0 Å². The third-order valence-electron chi connectivity index (χ3n) is 3.61. The van der Waals surface area contributed by atoms with Gasteiger partial charge in [0.05, 0.1) is 5.39 Å². The lowest BCUT2D eigenvalue weighted by molar-refractivity contribution is 0.150. The molecule has 1 amide bonds. The van der Waals surface area contributed by atoms with E-state index < -0.39 is 6.09 Å². The minimum absolute atomic E-state index is 0.397. The van der Waals surface area contributed by atoms with Crippen LogP contribution in [0, 0.1) is 0 Å². The zero-order chi connectivity index (χ0) is 14.3. The van der Waals surface area contributed by atoms with Crippen molar-refractivity contribution in [1.29, 1.82) is 0 Å². The maximum atomic E-state index is 10.9. The Hall–Kier alpha value is -2.57. The van der Waals surface area contributed by atoms with Crippen LogP contribution in [0.1, 0.15) is 12.0 Å². The topological polar surface area (TPSA) is 97.3 Å². The molecule has 0 aliphatic carbocycles. The minimum Gasteiger partial charge on any atom is -0.465 e. The van der Waals surface area contributed by atoms with Crippen molar-refractivity contribution in [3.63, 3.8) is 0 Å². The van der Waals surface area contributed by atoms with Crippen LogP contribution in [-0.2, 0) is 7.05 Å². The molecule has 0 fully saturated rings. The van der Waals surface area contributed by atoms with Gasteiger partial charge in [-0.05, 0) is 12.0 Å². The smallest absolute Gasteiger partial charge is 0.407 e. The van der Waals surface area contributed by atoms with Crippen LogP contribution in [0.2, 0.25) is 0 Å².